The van der Waals surface area contributed by atoms with Crippen molar-refractivity contribution in [2.45, 2.75) is 84.0 Å². The zero-order valence-corrected chi connectivity index (χ0v) is 15.0. The minimum absolute atomic E-state index is 0.303. The Balaban J connectivity index is 1.67. The normalized spacial score (nSPS) is 24.8. The summed E-state index contributed by atoms with van der Waals surface area (Å²) >= 11 is 0. The van der Waals surface area contributed by atoms with Gasteiger partial charge in [0.1, 0.15) is 0 Å². The van der Waals surface area contributed by atoms with Crippen LogP contribution in [-0.4, -0.2) is 61.1 Å². The Labute approximate surface area is 144 Å². The molecule has 0 spiro atoms. The van der Waals surface area contributed by atoms with Crippen LogP contribution < -0.4 is 0 Å². The highest BCUT2D eigenvalue weighted by atomic mass is 16.2. The van der Waals surface area contributed by atoms with E-state index in [9.17, 15) is 4.79 Å². The highest BCUT2D eigenvalue weighted by Crippen LogP contribution is 2.31. The van der Waals surface area contributed by atoms with E-state index in [1.165, 1.54) is 12.8 Å². The lowest BCUT2D eigenvalue weighted by molar-refractivity contribution is -0.132. The number of nitrogens with zero attached hydrogens (tertiary/aromatic N) is 6. The van der Waals surface area contributed by atoms with Crippen LogP contribution in [0.4, 0.5) is 0 Å². The van der Waals surface area contributed by atoms with Crippen LogP contribution in [0.2, 0.25) is 0 Å². The molecular weight excluding hydrogens is 304 g/mol. The summed E-state index contributed by atoms with van der Waals surface area (Å²) in [4.78, 5) is 16.9. The Morgan fingerprint density at radius 3 is 2.75 bits per heavy atom. The molecule has 2 fully saturated rings. The molecule has 2 atom stereocenters. The van der Waals surface area contributed by atoms with Gasteiger partial charge in [-0.15, -0.1) is 5.10 Å². The topological polar surface area (TPSA) is 67.2 Å². The van der Waals surface area contributed by atoms with E-state index in [1.54, 1.807) is 0 Å². The predicted octanol–water partition coefficient (Wildman–Crippen LogP) is 1.84. The van der Waals surface area contributed by atoms with Gasteiger partial charge in [0.05, 0.1) is 6.54 Å². The first-order chi connectivity index (χ1) is 11.7. The van der Waals surface area contributed by atoms with E-state index in [0.717, 1.165) is 57.7 Å². The lowest BCUT2D eigenvalue weighted by atomic mass is 10.0. The molecule has 0 N–H and O–H groups in total. The van der Waals surface area contributed by atoms with Crippen LogP contribution in [-0.2, 0) is 17.9 Å². The van der Waals surface area contributed by atoms with Gasteiger partial charge in [-0.25, -0.2) is 4.68 Å². The molecule has 3 heterocycles. The molecular formula is C17H30N6O. The molecule has 0 unspecified atom stereocenters. The summed E-state index contributed by atoms with van der Waals surface area (Å²) in [6, 6.07) is 0.833. The van der Waals surface area contributed by atoms with E-state index in [-0.39, 0.29) is 0 Å². The molecule has 1 amide bonds. The first-order valence-electron chi connectivity index (χ1n) is 9.53. The van der Waals surface area contributed by atoms with Gasteiger partial charge in [-0.1, -0.05) is 20.3 Å². The zero-order chi connectivity index (χ0) is 16.9. The molecule has 134 valence electrons. The van der Waals surface area contributed by atoms with Gasteiger partial charge in [-0.05, 0) is 49.1 Å². The largest absolute Gasteiger partial charge is 0.338 e. The Hall–Kier alpha value is -1.50. The van der Waals surface area contributed by atoms with E-state index in [0.29, 0.717) is 24.4 Å². The minimum atomic E-state index is 0.303. The number of hydrogen-bond donors (Lipinski definition) is 0. The molecule has 0 aromatic carbocycles. The number of carbonyl (C=O) groups is 1. The third kappa shape index (κ3) is 3.61. The number of amides is 1. The van der Waals surface area contributed by atoms with Crippen LogP contribution in [0, 0.1) is 0 Å². The van der Waals surface area contributed by atoms with Crippen molar-refractivity contribution in [3.05, 3.63) is 5.82 Å². The average Bonchev–Trinajstić information content (AvgIpc) is 3.33. The van der Waals surface area contributed by atoms with E-state index >= 15 is 0 Å². The Morgan fingerprint density at radius 2 is 1.96 bits per heavy atom. The number of carbonyl (C=O) groups excluding carboxylic acids is 1. The van der Waals surface area contributed by atoms with Crippen molar-refractivity contribution in [3.63, 3.8) is 0 Å². The fourth-order valence-corrected chi connectivity index (χ4v) is 4.19. The van der Waals surface area contributed by atoms with Crippen LogP contribution in [0.5, 0.6) is 0 Å². The first-order valence-corrected chi connectivity index (χ1v) is 9.53. The fourth-order valence-electron chi connectivity index (χ4n) is 4.19. The van der Waals surface area contributed by atoms with Crippen LogP contribution in [0.1, 0.15) is 64.6 Å². The van der Waals surface area contributed by atoms with Crippen molar-refractivity contribution in [1.29, 1.82) is 0 Å². The van der Waals surface area contributed by atoms with Crippen molar-refractivity contribution < 1.29 is 4.79 Å². The monoisotopic (exact) mass is 334 g/mol. The number of aromatic nitrogens is 4. The maximum absolute atomic E-state index is 12.2. The third-order valence-electron chi connectivity index (χ3n) is 5.45. The van der Waals surface area contributed by atoms with Gasteiger partial charge >= 0.3 is 0 Å². The zero-order valence-electron chi connectivity index (χ0n) is 15.0. The second-order valence-corrected chi connectivity index (χ2v) is 7.00. The van der Waals surface area contributed by atoms with Crippen LogP contribution in [0.25, 0.3) is 0 Å². The summed E-state index contributed by atoms with van der Waals surface area (Å²) in [5, 5.41) is 12.3. The third-order valence-corrected chi connectivity index (χ3v) is 5.45. The number of likely N-dealkylation sites (tertiary alicyclic amines) is 2. The molecule has 2 aliphatic rings. The van der Waals surface area contributed by atoms with Gasteiger partial charge in [0.15, 0.2) is 5.82 Å². The quantitative estimate of drug-likeness (QED) is 0.761. The second-order valence-electron chi connectivity index (χ2n) is 7.00. The molecule has 1 aromatic rings. The highest BCUT2D eigenvalue weighted by Gasteiger charge is 2.39. The van der Waals surface area contributed by atoms with Crippen molar-refractivity contribution >= 4 is 5.91 Å². The Bertz CT molecular complexity index is 545. The Morgan fingerprint density at radius 1 is 1.17 bits per heavy atom. The molecule has 0 radical (unpaired) electrons. The van der Waals surface area contributed by atoms with Gasteiger partial charge in [0.25, 0.3) is 0 Å². The second kappa shape index (κ2) is 8.05. The molecule has 0 saturated carbocycles. The molecule has 1 aromatic heterocycles. The van der Waals surface area contributed by atoms with Crippen LogP contribution in [0.15, 0.2) is 0 Å². The van der Waals surface area contributed by atoms with E-state index in [1.807, 2.05) is 11.6 Å². The fraction of sp³-hybridized carbons (Fsp3) is 0.882. The minimum Gasteiger partial charge on any atom is -0.338 e. The Kier molecular flexibility index (Phi) is 5.81. The van der Waals surface area contributed by atoms with Crippen LogP contribution in [0.3, 0.4) is 0 Å². The summed E-state index contributed by atoms with van der Waals surface area (Å²) in [6.45, 7) is 7.84. The average molecular weight is 334 g/mol. The summed E-state index contributed by atoms with van der Waals surface area (Å²) in [5.41, 5.74) is 0. The standard InChI is InChI=1S/C17H30N6O/c1-3-5-12-23-16(18-19-20-23)13-21-10-6-8-14(21)15-9-7-11-22(15)17(24)4-2/h14-15H,3-13H2,1-2H3/t14-,15-/m0/s1. The van der Waals surface area contributed by atoms with Crippen molar-refractivity contribution in [3.8, 4) is 0 Å². The van der Waals surface area contributed by atoms with E-state index < -0.39 is 0 Å². The van der Waals surface area contributed by atoms with Gasteiger partial charge in [0.2, 0.25) is 5.91 Å². The molecule has 2 saturated heterocycles. The van der Waals surface area contributed by atoms with Gasteiger partial charge in [-0.3, -0.25) is 9.69 Å². The summed E-state index contributed by atoms with van der Waals surface area (Å²) in [5.74, 6) is 1.26. The SMILES string of the molecule is CCCCn1nnnc1CN1CCC[C@H]1[C@@H]1CCCN1C(=O)CC. The molecule has 7 nitrogen and oxygen atoms in total. The number of hydrogen-bond acceptors (Lipinski definition) is 5. The van der Waals surface area contributed by atoms with Gasteiger partial charge < -0.3 is 4.90 Å². The maximum Gasteiger partial charge on any atom is 0.222 e. The maximum atomic E-state index is 12.2. The van der Waals surface area contributed by atoms with Crippen molar-refractivity contribution in [2.75, 3.05) is 13.1 Å². The smallest absolute Gasteiger partial charge is 0.222 e. The lowest BCUT2D eigenvalue weighted by Gasteiger charge is -2.34. The molecule has 2 aliphatic heterocycles. The lowest BCUT2D eigenvalue weighted by Crippen LogP contribution is -2.48. The molecule has 0 aliphatic carbocycles. The first kappa shape index (κ1) is 17.3. The molecule has 0 bridgehead atoms. The van der Waals surface area contributed by atoms with Gasteiger partial charge in [-0.2, -0.15) is 0 Å². The van der Waals surface area contributed by atoms with Crippen molar-refractivity contribution in [1.82, 2.24) is 30.0 Å². The molecule has 3 rings (SSSR count). The number of tetrazole rings is 1. The number of aryl methyl sites for hydroxylation is 1. The van der Waals surface area contributed by atoms with E-state index in [2.05, 4.69) is 32.2 Å². The molecule has 24 heavy (non-hydrogen) atoms. The van der Waals surface area contributed by atoms with Crippen molar-refractivity contribution in [2.24, 2.45) is 0 Å². The summed E-state index contributed by atoms with van der Waals surface area (Å²) < 4.78 is 1.95. The summed E-state index contributed by atoms with van der Waals surface area (Å²) in [6.07, 6.45) is 7.49. The number of unbranched alkanes of at least 4 members (excludes halogenated alkanes) is 1. The predicted molar refractivity (Wildman–Crippen MR) is 91.2 cm³/mol. The number of rotatable bonds is 7. The molecule has 7 heteroatoms. The van der Waals surface area contributed by atoms with E-state index in [4.69, 9.17) is 0 Å². The van der Waals surface area contributed by atoms with Gasteiger partial charge in [0, 0.05) is 31.6 Å². The van der Waals surface area contributed by atoms with Crippen LogP contribution >= 0.6 is 0 Å². The highest BCUT2D eigenvalue weighted by molar-refractivity contribution is 5.76. The summed E-state index contributed by atoms with van der Waals surface area (Å²) in [7, 11) is 0.